The summed E-state index contributed by atoms with van der Waals surface area (Å²) in [6, 6.07) is 8.15. The monoisotopic (exact) mass is 261 g/mol. The molecule has 0 fully saturated rings. The number of nitrogens with one attached hydrogen (secondary N) is 2. The predicted molar refractivity (Wildman–Crippen MR) is 76.7 cm³/mol. The Balaban J connectivity index is 1.96. The lowest BCUT2D eigenvalue weighted by Gasteiger charge is -2.27. The molecule has 0 saturated carbocycles. The zero-order valence-corrected chi connectivity index (χ0v) is 11.6. The average Bonchev–Trinajstić information content (AvgIpc) is 2.43. The van der Waals surface area contributed by atoms with E-state index in [1.54, 1.807) is 0 Å². The fourth-order valence-corrected chi connectivity index (χ4v) is 2.40. The fourth-order valence-electron chi connectivity index (χ4n) is 2.40. The van der Waals surface area contributed by atoms with Gasteiger partial charge in [0.1, 0.15) is 0 Å². The number of carbonyl (C=O) groups is 1. The van der Waals surface area contributed by atoms with Crippen LogP contribution in [0.25, 0.3) is 0 Å². The van der Waals surface area contributed by atoms with Gasteiger partial charge in [-0.3, -0.25) is 4.79 Å². The SMILES string of the molecule is CC(C)C(N)C(=O)NCC1NCCc2ccccc21. The lowest BCUT2D eigenvalue weighted by Crippen LogP contribution is -2.47. The average molecular weight is 261 g/mol. The van der Waals surface area contributed by atoms with Gasteiger partial charge in [0.25, 0.3) is 0 Å². The van der Waals surface area contributed by atoms with Crippen molar-refractivity contribution in [3.63, 3.8) is 0 Å². The normalized spacial score (nSPS) is 19.9. The molecule has 2 atom stereocenters. The van der Waals surface area contributed by atoms with Crippen molar-refractivity contribution >= 4 is 5.91 Å². The molecule has 2 rings (SSSR count). The highest BCUT2D eigenvalue weighted by molar-refractivity contribution is 5.81. The summed E-state index contributed by atoms with van der Waals surface area (Å²) < 4.78 is 0. The molecular weight excluding hydrogens is 238 g/mol. The van der Waals surface area contributed by atoms with Gasteiger partial charge in [0.05, 0.1) is 6.04 Å². The molecular formula is C15H23N3O. The van der Waals surface area contributed by atoms with Crippen LogP contribution in [0.1, 0.15) is 31.0 Å². The van der Waals surface area contributed by atoms with Gasteiger partial charge in [0, 0.05) is 12.6 Å². The van der Waals surface area contributed by atoms with Gasteiger partial charge < -0.3 is 16.4 Å². The molecule has 4 nitrogen and oxygen atoms in total. The molecule has 0 spiro atoms. The van der Waals surface area contributed by atoms with Crippen molar-refractivity contribution in [2.24, 2.45) is 11.7 Å². The lowest BCUT2D eigenvalue weighted by molar-refractivity contribution is -0.123. The van der Waals surface area contributed by atoms with E-state index in [1.807, 2.05) is 19.9 Å². The zero-order valence-electron chi connectivity index (χ0n) is 11.6. The van der Waals surface area contributed by atoms with Crippen LogP contribution in [0.2, 0.25) is 0 Å². The number of amides is 1. The van der Waals surface area contributed by atoms with Crippen LogP contribution < -0.4 is 16.4 Å². The second kappa shape index (κ2) is 6.17. The minimum absolute atomic E-state index is 0.0696. The molecule has 0 aliphatic carbocycles. The minimum atomic E-state index is -0.432. The Kier molecular flexibility index (Phi) is 4.56. The molecule has 0 radical (unpaired) electrons. The zero-order chi connectivity index (χ0) is 13.8. The summed E-state index contributed by atoms with van der Waals surface area (Å²) in [7, 11) is 0. The van der Waals surface area contributed by atoms with Crippen LogP contribution in [0, 0.1) is 5.92 Å². The van der Waals surface area contributed by atoms with E-state index in [1.165, 1.54) is 11.1 Å². The van der Waals surface area contributed by atoms with Gasteiger partial charge in [-0.1, -0.05) is 38.1 Å². The molecule has 104 valence electrons. The highest BCUT2D eigenvalue weighted by atomic mass is 16.2. The standard InChI is InChI=1S/C15H23N3O/c1-10(2)14(16)15(19)18-9-13-12-6-4-3-5-11(12)7-8-17-13/h3-6,10,13-14,17H,7-9,16H2,1-2H3,(H,18,19). The van der Waals surface area contributed by atoms with E-state index in [0.717, 1.165) is 13.0 Å². The maximum absolute atomic E-state index is 11.9. The van der Waals surface area contributed by atoms with Crippen LogP contribution in [-0.2, 0) is 11.2 Å². The predicted octanol–water partition coefficient (Wildman–Crippen LogP) is 0.973. The van der Waals surface area contributed by atoms with Crippen LogP contribution in [0.3, 0.4) is 0 Å². The molecule has 19 heavy (non-hydrogen) atoms. The van der Waals surface area contributed by atoms with E-state index >= 15 is 0 Å². The van der Waals surface area contributed by atoms with E-state index in [4.69, 9.17) is 5.73 Å². The summed E-state index contributed by atoms with van der Waals surface area (Å²) in [5, 5.41) is 6.39. The Bertz CT molecular complexity index is 445. The third-order valence-corrected chi connectivity index (χ3v) is 3.72. The van der Waals surface area contributed by atoms with Gasteiger partial charge in [-0.15, -0.1) is 0 Å². The van der Waals surface area contributed by atoms with Crippen LogP contribution in [0.5, 0.6) is 0 Å². The van der Waals surface area contributed by atoms with Gasteiger partial charge >= 0.3 is 0 Å². The maximum Gasteiger partial charge on any atom is 0.237 e. The second-order valence-corrected chi connectivity index (χ2v) is 5.47. The van der Waals surface area contributed by atoms with Gasteiger partial charge in [-0.05, 0) is 30.0 Å². The smallest absolute Gasteiger partial charge is 0.237 e. The van der Waals surface area contributed by atoms with Crippen molar-refractivity contribution in [1.82, 2.24) is 10.6 Å². The highest BCUT2D eigenvalue weighted by Crippen LogP contribution is 2.21. The van der Waals surface area contributed by atoms with Crippen molar-refractivity contribution in [2.75, 3.05) is 13.1 Å². The third kappa shape index (κ3) is 3.33. The first-order chi connectivity index (χ1) is 9.09. The van der Waals surface area contributed by atoms with Crippen LogP contribution in [-0.4, -0.2) is 25.0 Å². The van der Waals surface area contributed by atoms with Gasteiger partial charge in [-0.2, -0.15) is 0 Å². The summed E-state index contributed by atoms with van der Waals surface area (Å²) in [5.74, 6) is 0.0893. The summed E-state index contributed by atoms with van der Waals surface area (Å²) in [6.07, 6.45) is 1.05. The largest absolute Gasteiger partial charge is 0.353 e. The molecule has 1 aliphatic rings. The number of hydrogen-bond acceptors (Lipinski definition) is 3. The van der Waals surface area contributed by atoms with E-state index in [0.29, 0.717) is 6.54 Å². The molecule has 1 amide bonds. The Hall–Kier alpha value is -1.39. The molecule has 1 aromatic carbocycles. The summed E-state index contributed by atoms with van der Waals surface area (Å²) >= 11 is 0. The highest BCUT2D eigenvalue weighted by Gasteiger charge is 2.22. The molecule has 2 unspecified atom stereocenters. The number of carbonyl (C=O) groups excluding carboxylic acids is 1. The molecule has 4 N–H and O–H groups in total. The molecule has 4 heteroatoms. The van der Waals surface area contributed by atoms with E-state index in [-0.39, 0.29) is 17.9 Å². The van der Waals surface area contributed by atoms with E-state index in [9.17, 15) is 4.79 Å². The van der Waals surface area contributed by atoms with Gasteiger partial charge in [-0.25, -0.2) is 0 Å². The van der Waals surface area contributed by atoms with Gasteiger partial charge in [0.15, 0.2) is 0 Å². The second-order valence-electron chi connectivity index (χ2n) is 5.47. The fraction of sp³-hybridized carbons (Fsp3) is 0.533. The number of nitrogens with two attached hydrogens (primary N) is 1. The third-order valence-electron chi connectivity index (χ3n) is 3.72. The van der Waals surface area contributed by atoms with Crippen molar-refractivity contribution in [3.05, 3.63) is 35.4 Å². The molecule has 1 aliphatic heterocycles. The number of fused-ring (bicyclic) bond motifs is 1. The maximum atomic E-state index is 11.9. The molecule has 0 bridgehead atoms. The molecule has 1 aromatic rings. The summed E-state index contributed by atoms with van der Waals surface area (Å²) in [4.78, 5) is 11.9. The van der Waals surface area contributed by atoms with E-state index in [2.05, 4.69) is 28.8 Å². The molecule has 0 saturated heterocycles. The minimum Gasteiger partial charge on any atom is -0.353 e. The first-order valence-corrected chi connectivity index (χ1v) is 6.94. The Labute approximate surface area is 114 Å². The quantitative estimate of drug-likeness (QED) is 0.756. The first kappa shape index (κ1) is 14.0. The van der Waals surface area contributed by atoms with Crippen molar-refractivity contribution in [3.8, 4) is 0 Å². The summed E-state index contributed by atoms with van der Waals surface area (Å²) in [6.45, 7) is 5.46. The first-order valence-electron chi connectivity index (χ1n) is 6.94. The van der Waals surface area contributed by atoms with Crippen molar-refractivity contribution < 1.29 is 4.79 Å². The Morgan fingerprint density at radius 1 is 1.47 bits per heavy atom. The van der Waals surface area contributed by atoms with Crippen molar-refractivity contribution in [1.29, 1.82) is 0 Å². The number of rotatable bonds is 4. The number of benzene rings is 1. The lowest BCUT2D eigenvalue weighted by atomic mass is 9.94. The van der Waals surface area contributed by atoms with Gasteiger partial charge in [0.2, 0.25) is 5.91 Å². The Morgan fingerprint density at radius 3 is 2.95 bits per heavy atom. The van der Waals surface area contributed by atoms with Crippen LogP contribution >= 0.6 is 0 Å². The molecule has 0 aromatic heterocycles. The van der Waals surface area contributed by atoms with Crippen molar-refractivity contribution in [2.45, 2.75) is 32.4 Å². The van der Waals surface area contributed by atoms with E-state index < -0.39 is 6.04 Å². The van der Waals surface area contributed by atoms with Crippen LogP contribution in [0.4, 0.5) is 0 Å². The van der Waals surface area contributed by atoms with Crippen LogP contribution in [0.15, 0.2) is 24.3 Å². The summed E-state index contributed by atoms with van der Waals surface area (Å²) in [5.41, 5.74) is 8.49. The Morgan fingerprint density at radius 2 is 2.21 bits per heavy atom. The number of hydrogen-bond donors (Lipinski definition) is 3. The molecule has 1 heterocycles. The topological polar surface area (TPSA) is 67.2 Å².